The summed E-state index contributed by atoms with van der Waals surface area (Å²) in [5.74, 6) is 0.272. The highest BCUT2D eigenvalue weighted by Crippen LogP contribution is 2.34. The molecular weight excluding hydrogens is 256 g/mol. The molecule has 5 heteroatoms. The van der Waals surface area contributed by atoms with Crippen LogP contribution < -0.4 is 0 Å². The highest BCUT2D eigenvalue weighted by atomic mass is 16.5. The molecule has 112 valence electrons. The van der Waals surface area contributed by atoms with Gasteiger partial charge in [-0.25, -0.2) is 0 Å². The molecule has 5 nitrogen and oxygen atoms in total. The van der Waals surface area contributed by atoms with E-state index in [0.29, 0.717) is 6.61 Å². The number of carbonyl (C=O) groups excluding carboxylic acids is 2. The van der Waals surface area contributed by atoms with E-state index in [1.165, 1.54) is 0 Å². The van der Waals surface area contributed by atoms with E-state index in [1.54, 1.807) is 4.90 Å². The monoisotopic (exact) mass is 280 g/mol. The van der Waals surface area contributed by atoms with Gasteiger partial charge in [0, 0.05) is 19.2 Å². The fraction of sp³-hybridized carbons (Fsp3) is 0.867. The van der Waals surface area contributed by atoms with Gasteiger partial charge in [0.25, 0.3) is 0 Å². The number of ether oxygens (including phenoxy) is 1. The average molecular weight is 280 g/mol. The summed E-state index contributed by atoms with van der Waals surface area (Å²) in [6.07, 6.45) is 3.41. The van der Waals surface area contributed by atoms with Crippen LogP contribution in [0.4, 0.5) is 0 Å². The third-order valence-corrected chi connectivity index (χ3v) is 4.91. The Hall–Kier alpha value is -1.10. The second-order valence-corrected chi connectivity index (χ2v) is 6.87. The van der Waals surface area contributed by atoms with Crippen LogP contribution in [0.3, 0.4) is 0 Å². The second-order valence-electron chi connectivity index (χ2n) is 6.87. The smallest absolute Gasteiger partial charge is 0.246 e. The Morgan fingerprint density at radius 3 is 2.65 bits per heavy atom. The van der Waals surface area contributed by atoms with E-state index < -0.39 is 0 Å². The minimum absolute atomic E-state index is 0.122. The molecule has 0 aliphatic carbocycles. The Bertz CT molecular complexity index is 435. The van der Waals surface area contributed by atoms with E-state index in [0.717, 1.165) is 32.2 Å². The lowest BCUT2D eigenvalue weighted by molar-refractivity contribution is -0.167. The van der Waals surface area contributed by atoms with Crippen molar-refractivity contribution < 1.29 is 14.3 Å². The van der Waals surface area contributed by atoms with Crippen LogP contribution in [-0.4, -0.2) is 58.5 Å². The topological polar surface area (TPSA) is 49.9 Å². The van der Waals surface area contributed by atoms with Gasteiger partial charge in [0.2, 0.25) is 11.8 Å². The molecular formula is C15H24N2O3. The van der Waals surface area contributed by atoms with Crippen molar-refractivity contribution in [1.82, 2.24) is 9.80 Å². The molecule has 3 heterocycles. The third-order valence-electron chi connectivity index (χ3n) is 4.91. The summed E-state index contributed by atoms with van der Waals surface area (Å²) in [7, 11) is 0. The molecule has 3 aliphatic rings. The van der Waals surface area contributed by atoms with Gasteiger partial charge in [0.15, 0.2) is 0 Å². The quantitative estimate of drug-likeness (QED) is 0.724. The van der Waals surface area contributed by atoms with E-state index in [9.17, 15) is 9.59 Å². The predicted molar refractivity (Wildman–Crippen MR) is 74.1 cm³/mol. The zero-order valence-corrected chi connectivity index (χ0v) is 12.6. The number of amides is 2. The fourth-order valence-electron chi connectivity index (χ4n) is 3.94. The molecule has 0 bridgehead atoms. The second kappa shape index (κ2) is 4.72. The lowest BCUT2D eigenvalue weighted by atomic mass is 9.90. The molecule has 0 spiro atoms. The first-order valence-corrected chi connectivity index (χ1v) is 7.67. The lowest BCUT2D eigenvalue weighted by Crippen LogP contribution is -2.65. The van der Waals surface area contributed by atoms with Gasteiger partial charge < -0.3 is 14.5 Å². The normalized spacial score (nSPS) is 37.2. The first-order valence-electron chi connectivity index (χ1n) is 7.67. The fourth-order valence-corrected chi connectivity index (χ4v) is 3.94. The van der Waals surface area contributed by atoms with E-state index in [4.69, 9.17) is 4.74 Å². The summed E-state index contributed by atoms with van der Waals surface area (Å²) in [4.78, 5) is 28.9. The number of rotatable bonds is 1. The SMILES string of the molecule is CC1C(=O)N2CCCC2C(=O)N1C1CCOC(C)(C)C1. The Morgan fingerprint density at radius 1 is 1.20 bits per heavy atom. The highest BCUT2D eigenvalue weighted by molar-refractivity contribution is 5.97. The number of carbonyl (C=O) groups is 2. The van der Waals surface area contributed by atoms with E-state index >= 15 is 0 Å². The van der Waals surface area contributed by atoms with Gasteiger partial charge >= 0.3 is 0 Å². The van der Waals surface area contributed by atoms with Crippen molar-refractivity contribution in [2.24, 2.45) is 0 Å². The molecule has 2 amide bonds. The third kappa shape index (κ3) is 2.12. The van der Waals surface area contributed by atoms with Gasteiger partial charge in [-0.15, -0.1) is 0 Å². The summed E-state index contributed by atoms with van der Waals surface area (Å²) >= 11 is 0. The molecule has 3 rings (SSSR count). The van der Waals surface area contributed by atoms with Gasteiger partial charge in [-0.1, -0.05) is 0 Å². The van der Waals surface area contributed by atoms with E-state index in [-0.39, 0.29) is 35.5 Å². The molecule has 0 N–H and O–H groups in total. The number of piperazine rings is 1. The average Bonchev–Trinajstić information content (AvgIpc) is 2.85. The Labute approximate surface area is 120 Å². The van der Waals surface area contributed by atoms with Crippen LogP contribution in [0.15, 0.2) is 0 Å². The Morgan fingerprint density at radius 2 is 1.95 bits per heavy atom. The van der Waals surface area contributed by atoms with Gasteiger partial charge in [0.1, 0.15) is 12.1 Å². The van der Waals surface area contributed by atoms with Crippen LogP contribution in [0, 0.1) is 0 Å². The van der Waals surface area contributed by atoms with Crippen molar-refractivity contribution >= 4 is 11.8 Å². The van der Waals surface area contributed by atoms with Crippen LogP contribution in [0.1, 0.15) is 46.5 Å². The first kappa shape index (κ1) is 13.9. The van der Waals surface area contributed by atoms with Crippen LogP contribution in [0.5, 0.6) is 0 Å². The van der Waals surface area contributed by atoms with Crippen molar-refractivity contribution in [3.05, 3.63) is 0 Å². The molecule has 0 aromatic rings. The Kier molecular flexibility index (Phi) is 3.27. The minimum Gasteiger partial charge on any atom is -0.375 e. The summed E-state index contributed by atoms with van der Waals surface area (Å²) in [5, 5.41) is 0. The molecule has 3 fully saturated rings. The maximum Gasteiger partial charge on any atom is 0.246 e. The van der Waals surface area contributed by atoms with Crippen LogP contribution >= 0.6 is 0 Å². The first-order chi connectivity index (χ1) is 9.41. The standard InChI is InChI=1S/C15H24N2O3/c1-10-13(18)16-7-4-5-12(16)14(19)17(10)11-6-8-20-15(2,3)9-11/h10-12H,4-9H2,1-3H3. The number of hydrogen-bond donors (Lipinski definition) is 0. The maximum absolute atomic E-state index is 12.8. The number of nitrogens with zero attached hydrogens (tertiary/aromatic N) is 2. The van der Waals surface area contributed by atoms with Crippen LogP contribution in [-0.2, 0) is 14.3 Å². The highest BCUT2D eigenvalue weighted by Gasteiger charge is 2.49. The largest absolute Gasteiger partial charge is 0.375 e. The van der Waals surface area contributed by atoms with Gasteiger partial charge in [-0.2, -0.15) is 0 Å². The van der Waals surface area contributed by atoms with Crippen molar-refractivity contribution in [3.63, 3.8) is 0 Å². The van der Waals surface area contributed by atoms with Crippen molar-refractivity contribution in [2.75, 3.05) is 13.2 Å². The summed E-state index contributed by atoms with van der Waals surface area (Å²) in [6.45, 7) is 7.39. The minimum atomic E-state index is -0.323. The van der Waals surface area contributed by atoms with Gasteiger partial charge in [0.05, 0.1) is 5.60 Å². The Balaban J connectivity index is 1.84. The van der Waals surface area contributed by atoms with Crippen LogP contribution in [0.2, 0.25) is 0 Å². The zero-order valence-electron chi connectivity index (χ0n) is 12.6. The molecule has 0 aromatic carbocycles. The molecule has 0 saturated carbocycles. The molecule has 0 radical (unpaired) electrons. The van der Waals surface area contributed by atoms with E-state index in [2.05, 4.69) is 13.8 Å². The zero-order chi connectivity index (χ0) is 14.5. The summed E-state index contributed by atoms with van der Waals surface area (Å²) in [5.41, 5.74) is -0.210. The molecule has 3 unspecified atom stereocenters. The van der Waals surface area contributed by atoms with Gasteiger partial charge in [-0.3, -0.25) is 9.59 Å². The molecule has 3 aliphatic heterocycles. The molecule has 3 atom stereocenters. The van der Waals surface area contributed by atoms with Crippen molar-refractivity contribution in [3.8, 4) is 0 Å². The summed E-state index contributed by atoms with van der Waals surface area (Å²) < 4.78 is 5.74. The maximum atomic E-state index is 12.8. The molecule has 3 saturated heterocycles. The number of hydrogen-bond acceptors (Lipinski definition) is 3. The van der Waals surface area contributed by atoms with Crippen molar-refractivity contribution in [1.29, 1.82) is 0 Å². The molecule has 20 heavy (non-hydrogen) atoms. The van der Waals surface area contributed by atoms with Crippen molar-refractivity contribution in [2.45, 2.75) is 70.2 Å². The van der Waals surface area contributed by atoms with E-state index in [1.807, 2.05) is 11.8 Å². The summed E-state index contributed by atoms with van der Waals surface area (Å²) in [6, 6.07) is -0.395. The van der Waals surface area contributed by atoms with Gasteiger partial charge in [-0.05, 0) is 46.5 Å². The lowest BCUT2D eigenvalue weighted by Gasteiger charge is -2.48. The molecule has 0 aromatic heterocycles. The predicted octanol–water partition coefficient (Wildman–Crippen LogP) is 1.17. The number of fused-ring (bicyclic) bond motifs is 1. The van der Waals surface area contributed by atoms with Crippen LogP contribution in [0.25, 0.3) is 0 Å².